The van der Waals surface area contributed by atoms with E-state index in [1.807, 2.05) is 24.3 Å². The van der Waals surface area contributed by atoms with E-state index in [-0.39, 0.29) is 5.97 Å². The number of nitrogen functional groups attached to an aromatic ring is 1. The van der Waals surface area contributed by atoms with E-state index < -0.39 is 0 Å². The average Bonchev–Trinajstić information content (AvgIpc) is 2.29. The Hall–Kier alpha value is -1.55. The minimum atomic E-state index is -0.377. The number of carbonyl (C=O) groups excluding carboxylic acids is 1. The third-order valence-electron chi connectivity index (χ3n) is 2.49. The van der Waals surface area contributed by atoms with Crippen LogP contribution in [0.4, 0.5) is 5.69 Å². The summed E-state index contributed by atoms with van der Waals surface area (Å²) in [6.45, 7) is 2.11. The smallest absolute Gasteiger partial charge is 0.340 e. The van der Waals surface area contributed by atoms with Crippen molar-refractivity contribution in [3.8, 4) is 0 Å². The first-order valence-corrected chi connectivity index (χ1v) is 6.07. The Balaban J connectivity index is 2.67. The summed E-state index contributed by atoms with van der Waals surface area (Å²) < 4.78 is 5.98. The van der Waals surface area contributed by atoms with Crippen LogP contribution >= 0.6 is 15.9 Å². The molecule has 4 heteroatoms. The summed E-state index contributed by atoms with van der Waals surface area (Å²) in [6.07, 6.45) is 0. The van der Waals surface area contributed by atoms with Gasteiger partial charge >= 0.3 is 5.97 Å². The highest BCUT2D eigenvalue weighted by atomic mass is 79.9. The molecule has 3 nitrogen and oxygen atoms in total. The molecule has 2 aromatic rings. The summed E-state index contributed by atoms with van der Waals surface area (Å²) in [5.74, 6) is -0.377. The predicted molar refractivity (Wildman–Crippen MR) is 72.0 cm³/mol. The van der Waals surface area contributed by atoms with Gasteiger partial charge in [-0.2, -0.15) is 0 Å². The van der Waals surface area contributed by atoms with Crippen LogP contribution in [0.25, 0.3) is 10.8 Å². The SMILES string of the molecule is CCOC(=O)c1c(N)ccc2cc(Br)ccc12. The highest BCUT2D eigenvalue weighted by Crippen LogP contribution is 2.27. The lowest BCUT2D eigenvalue weighted by atomic mass is 10.0. The topological polar surface area (TPSA) is 52.3 Å². The molecule has 0 unspecified atom stereocenters. The molecule has 0 fully saturated rings. The molecule has 0 atom stereocenters. The number of anilines is 1. The van der Waals surface area contributed by atoms with Crippen molar-refractivity contribution >= 4 is 38.4 Å². The van der Waals surface area contributed by atoms with Crippen molar-refractivity contribution in [2.45, 2.75) is 6.92 Å². The highest BCUT2D eigenvalue weighted by Gasteiger charge is 2.14. The van der Waals surface area contributed by atoms with Gasteiger partial charge < -0.3 is 10.5 Å². The van der Waals surface area contributed by atoms with Crippen molar-refractivity contribution in [3.63, 3.8) is 0 Å². The molecule has 0 radical (unpaired) electrons. The zero-order valence-corrected chi connectivity index (χ0v) is 11.0. The molecule has 0 amide bonds. The van der Waals surface area contributed by atoms with Gasteiger partial charge in [-0.3, -0.25) is 0 Å². The summed E-state index contributed by atoms with van der Waals surface area (Å²) in [5, 5.41) is 1.77. The van der Waals surface area contributed by atoms with Crippen LogP contribution in [0.1, 0.15) is 17.3 Å². The molecular formula is C13H12BrNO2. The lowest BCUT2D eigenvalue weighted by Gasteiger charge is -2.09. The molecule has 0 aliphatic carbocycles. The van der Waals surface area contributed by atoms with Gasteiger partial charge in [0.15, 0.2) is 0 Å². The van der Waals surface area contributed by atoms with E-state index in [4.69, 9.17) is 10.5 Å². The minimum absolute atomic E-state index is 0.338. The van der Waals surface area contributed by atoms with E-state index in [2.05, 4.69) is 15.9 Å². The molecule has 2 N–H and O–H groups in total. The molecule has 0 heterocycles. The maximum Gasteiger partial charge on any atom is 0.340 e. The van der Waals surface area contributed by atoms with Crippen molar-refractivity contribution < 1.29 is 9.53 Å². The molecule has 0 aliphatic heterocycles. The number of carbonyl (C=O) groups is 1. The Morgan fingerprint density at radius 2 is 2.12 bits per heavy atom. The summed E-state index contributed by atoms with van der Waals surface area (Å²) in [7, 11) is 0. The molecule has 2 aromatic carbocycles. The van der Waals surface area contributed by atoms with Gasteiger partial charge in [0, 0.05) is 10.2 Å². The lowest BCUT2D eigenvalue weighted by molar-refractivity contribution is 0.0530. The summed E-state index contributed by atoms with van der Waals surface area (Å²) in [6, 6.07) is 9.29. The highest BCUT2D eigenvalue weighted by molar-refractivity contribution is 9.10. The summed E-state index contributed by atoms with van der Waals surface area (Å²) >= 11 is 3.40. The Morgan fingerprint density at radius 3 is 2.82 bits per heavy atom. The monoisotopic (exact) mass is 293 g/mol. The van der Waals surface area contributed by atoms with Crippen LogP contribution in [0.3, 0.4) is 0 Å². The molecule has 17 heavy (non-hydrogen) atoms. The molecule has 0 saturated carbocycles. The number of hydrogen-bond acceptors (Lipinski definition) is 3. The van der Waals surface area contributed by atoms with Gasteiger partial charge in [0.05, 0.1) is 12.2 Å². The number of rotatable bonds is 2. The second-order valence-corrected chi connectivity index (χ2v) is 4.53. The number of halogens is 1. The minimum Gasteiger partial charge on any atom is -0.462 e. The van der Waals surface area contributed by atoms with Crippen molar-refractivity contribution in [1.29, 1.82) is 0 Å². The van der Waals surface area contributed by atoms with Crippen LogP contribution in [0.5, 0.6) is 0 Å². The first kappa shape index (κ1) is 11.9. The lowest BCUT2D eigenvalue weighted by Crippen LogP contribution is -2.08. The van der Waals surface area contributed by atoms with Crippen LogP contribution in [0.15, 0.2) is 34.8 Å². The van der Waals surface area contributed by atoms with Gasteiger partial charge in [0.2, 0.25) is 0 Å². The Labute approximate surface area is 108 Å². The van der Waals surface area contributed by atoms with Crippen LogP contribution in [-0.4, -0.2) is 12.6 Å². The van der Waals surface area contributed by atoms with Gasteiger partial charge in [-0.15, -0.1) is 0 Å². The zero-order chi connectivity index (χ0) is 12.4. The van der Waals surface area contributed by atoms with Crippen molar-refractivity contribution in [2.24, 2.45) is 0 Å². The number of esters is 1. The van der Waals surface area contributed by atoms with Crippen LogP contribution in [0, 0.1) is 0 Å². The molecular weight excluding hydrogens is 282 g/mol. The second-order valence-electron chi connectivity index (χ2n) is 3.62. The number of benzene rings is 2. The van der Waals surface area contributed by atoms with E-state index in [0.29, 0.717) is 17.9 Å². The van der Waals surface area contributed by atoms with Crippen LogP contribution < -0.4 is 5.73 Å². The van der Waals surface area contributed by atoms with Gasteiger partial charge in [-0.05, 0) is 35.9 Å². The fourth-order valence-electron chi connectivity index (χ4n) is 1.75. The fourth-order valence-corrected chi connectivity index (χ4v) is 2.13. The molecule has 0 spiro atoms. The van der Waals surface area contributed by atoms with E-state index in [9.17, 15) is 4.79 Å². The van der Waals surface area contributed by atoms with Crippen LogP contribution in [0.2, 0.25) is 0 Å². The molecule has 2 rings (SSSR count). The van der Waals surface area contributed by atoms with Crippen molar-refractivity contribution in [2.75, 3.05) is 12.3 Å². The largest absolute Gasteiger partial charge is 0.462 e. The van der Waals surface area contributed by atoms with E-state index >= 15 is 0 Å². The summed E-state index contributed by atoms with van der Waals surface area (Å²) in [5.41, 5.74) is 6.73. The van der Waals surface area contributed by atoms with E-state index in [0.717, 1.165) is 15.2 Å². The number of hydrogen-bond donors (Lipinski definition) is 1. The number of fused-ring (bicyclic) bond motifs is 1. The maximum absolute atomic E-state index is 11.9. The first-order valence-electron chi connectivity index (χ1n) is 5.28. The number of ether oxygens (including phenoxy) is 1. The third-order valence-corrected chi connectivity index (χ3v) is 2.99. The standard InChI is InChI=1S/C13H12BrNO2/c1-2-17-13(16)12-10-5-4-9(14)7-8(10)3-6-11(12)15/h3-7H,2,15H2,1H3. The quantitative estimate of drug-likeness (QED) is 0.682. The van der Waals surface area contributed by atoms with Gasteiger partial charge in [-0.25, -0.2) is 4.79 Å². The fraction of sp³-hybridized carbons (Fsp3) is 0.154. The van der Waals surface area contributed by atoms with E-state index in [1.165, 1.54) is 0 Å². The maximum atomic E-state index is 11.9. The molecule has 0 aromatic heterocycles. The summed E-state index contributed by atoms with van der Waals surface area (Å²) in [4.78, 5) is 11.9. The number of nitrogens with two attached hydrogens (primary N) is 1. The molecule has 88 valence electrons. The molecule has 0 saturated heterocycles. The normalized spacial score (nSPS) is 10.5. The van der Waals surface area contributed by atoms with Crippen LogP contribution in [-0.2, 0) is 4.74 Å². The van der Waals surface area contributed by atoms with Gasteiger partial charge in [0.1, 0.15) is 0 Å². The average molecular weight is 294 g/mol. The third kappa shape index (κ3) is 2.26. The Morgan fingerprint density at radius 1 is 1.35 bits per heavy atom. The molecule has 0 aliphatic rings. The Kier molecular flexibility index (Phi) is 3.33. The van der Waals surface area contributed by atoms with Crippen molar-refractivity contribution in [1.82, 2.24) is 0 Å². The first-order chi connectivity index (χ1) is 8.13. The predicted octanol–water partition coefficient (Wildman–Crippen LogP) is 3.36. The van der Waals surface area contributed by atoms with Gasteiger partial charge in [0.25, 0.3) is 0 Å². The second kappa shape index (κ2) is 4.75. The molecule has 0 bridgehead atoms. The Bertz CT molecular complexity index is 581. The van der Waals surface area contributed by atoms with Gasteiger partial charge in [-0.1, -0.05) is 28.1 Å². The zero-order valence-electron chi connectivity index (χ0n) is 9.37. The van der Waals surface area contributed by atoms with Crippen molar-refractivity contribution in [3.05, 3.63) is 40.4 Å². The van der Waals surface area contributed by atoms with E-state index in [1.54, 1.807) is 13.0 Å².